The van der Waals surface area contributed by atoms with Gasteiger partial charge in [0, 0.05) is 35.6 Å². The van der Waals surface area contributed by atoms with Crippen molar-refractivity contribution in [2.75, 3.05) is 0 Å². The summed E-state index contributed by atoms with van der Waals surface area (Å²) in [5.41, 5.74) is 2.85. The first-order chi connectivity index (χ1) is 11.0. The number of aromatic nitrogens is 1. The van der Waals surface area contributed by atoms with E-state index >= 15 is 0 Å². The van der Waals surface area contributed by atoms with Crippen LogP contribution in [0.15, 0.2) is 65.1 Å². The molecule has 1 aliphatic carbocycles. The second kappa shape index (κ2) is 6.12. The summed E-state index contributed by atoms with van der Waals surface area (Å²) in [4.78, 5) is 31.9. The monoisotopic (exact) mass is 307 g/mol. The molecule has 0 saturated heterocycles. The van der Waals surface area contributed by atoms with Crippen molar-refractivity contribution < 1.29 is 9.59 Å². The third-order valence-corrected chi connectivity index (χ3v) is 3.85. The summed E-state index contributed by atoms with van der Waals surface area (Å²) in [6.45, 7) is 4.12. The zero-order valence-corrected chi connectivity index (χ0v) is 13.0. The number of nitrogens with one attached hydrogen (secondary N) is 1. The third kappa shape index (κ3) is 3.18. The largest absolute Gasteiger partial charge is 0.325 e. The second-order valence-corrected chi connectivity index (χ2v) is 5.80. The van der Waals surface area contributed by atoms with Gasteiger partial charge in [-0.15, -0.1) is 0 Å². The summed E-state index contributed by atoms with van der Waals surface area (Å²) >= 11 is 0. The molecule has 5 heteroatoms. The number of amides is 2. The number of carbonyl (C=O) groups excluding carboxylic acids is 2. The fourth-order valence-electron chi connectivity index (χ4n) is 2.69. The molecule has 23 heavy (non-hydrogen) atoms. The summed E-state index contributed by atoms with van der Waals surface area (Å²) < 4.78 is 0. The van der Waals surface area contributed by atoms with Gasteiger partial charge in [0.1, 0.15) is 0 Å². The van der Waals surface area contributed by atoms with Crippen LogP contribution in [0.3, 0.4) is 0 Å². The van der Waals surface area contributed by atoms with Crippen LogP contribution in [0.1, 0.15) is 24.2 Å². The number of aliphatic imine (C=N–C) groups is 1. The van der Waals surface area contributed by atoms with Gasteiger partial charge in [-0.1, -0.05) is 19.9 Å². The smallest absolute Gasteiger partial charge is 0.277 e. The average Bonchev–Trinajstić information content (AvgIpc) is 2.54. The van der Waals surface area contributed by atoms with Crippen LogP contribution in [0.5, 0.6) is 0 Å². The lowest BCUT2D eigenvalue weighted by Gasteiger charge is -2.29. The van der Waals surface area contributed by atoms with Crippen molar-refractivity contribution in [3.05, 3.63) is 65.7 Å². The van der Waals surface area contributed by atoms with E-state index in [1.54, 1.807) is 36.7 Å². The van der Waals surface area contributed by atoms with Gasteiger partial charge in [0.2, 0.25) is 5.91 Å². The molecule has 2 heterocycles. The number of nitrogens with zero attached hydrogens (tertiary/aromatic N) is 2. The number of hydrogen-bond donors (Lipinski definition) is 1. The van der Waals surface area contributed by atoms with E-state index in [0.717, 1.165) is 11.3 Å². The topological polar surface area (TPSA) is 71.4 Å². The molecule has 5 nitrogen and oxygen atoms in total. The van der Waals surface area contributed by atoms with Crippen molar-refractivity contribution >= 4 is 17.5 Å². The van der Waals surface area contributed by atoms with E-state index in [2.05, 4.69) is 29.1 Å². The van der Waals surface area contributed by atoms with Crippen molar-refractivity contribution in [3.63, 3.8) is 0 Å². The number of fused-ring (bicyclic) bond motifs is 1. The molecule has 1 aromatic rings. The second-order valence-electron chi connectivity index (χ2n) is 5.80. The van der Waals surface area contributed by atoms with Gasteiger partial charge < -0.3 is 5.32 Å². The Morgan fingerprint density at radius 2 is 2.00 bits per heavy atom. The normalized spacial score (nSPS) is 21.6. The minimum atomic E-state index is -0.330. The van der Waals surface area contributed by atoms with Crippen LogP contribution >= 0.6 is 0 Å². The molecule has 1 unspecified atom stereocenters. The lowest BCUT2D eigenvalue weighted by atomic mass is 9.82. The fraction of sp³-hybridized carbons (Fsp3) is 0.222. The average molecular weight is 307 g/mol. The predicted molar refractivity (Wildman–Crippen MR) is 87.8 cm³/mol. The Hall–Kier alpha value is -2.82. The van der Waals surface area contributed by atoms with E-state index in [4.69, 9.17) is 0 Å². The summed E-state index contributed by atoms with van der Waals surface area (Å²) in [5, 5.41) is 2.84. The molecule has 0 radical (unpaired) electrons. The minimum Gasteiger partial charge on any atom is -0.325 e. The standard InChI is InChI=1S/C18H17N3O2/c1-11(2)15-10-17(22)21-16-9-13(3-4-14(15)16)20-18(23)12-5-7-19-8-6-12/h3-11,14H,1-2H3,(H,21,22). The lowest BCUT2D eigenvalue weighted by Crippen LogP contribution is -2.34. The molecule has 3 rings (SSSR count). The molecular formula is C18H17N3O2. The molecule has 0 bridgehead atoms. The Morgan fingerprint density at radius 1 is 1.26 bits per heavy atom. The fourth-order valence-corrected chi connectivity index (χ4v) is 2.69. The van der Waals surface area contributed by atoms with E-state index in [1.807, 2.05) is 12.2 Å². The van der Waals surface area contributed by atoms with Gasteiger partial charge >= 0.3 is 0 Å². The molecule has 1 N–H and O–H groups in total. The Kier molecular flexibility index (Phi) is 4.02. The lowest BCUT2D eigenvalue weighted by molar-refractivity contribution is -0.116. The highest BCUT2D eigenvalue weighted by Gasteiger charge is 2.27. The molecule has 0 spiro atoms. The van der Waals surface area contributed by atoms with Gasteiger partial charge in [-0.05, 0) is 35.8 Å². The van der Waals surface area contributed by atoms with Crippen LogP contribution in [0.2, 0.25) is 0 Å². The summed E-state index contributed by atoms with van der Waals surface area (Å²) in [6.07, 6.45) is 10.3. The SMILES string of the molecule is CC(C)C1=CC(=O)NC2=CC(=NC(=O)c3ccncc3)C=CC21. The molecule has 0 fully saturated rings. The van der Waals surface area contributed by atoms with E-state index in [1.165, 1.54) is 0 Å². The van der Waals surface area contributed by atoms with Gasteiger partial charge in [0.25, 0.3) is 5.91 Å². The molecule has 116 valence electrons. The first-order valence-electron chi connectivity index (χ1n) is 7.50. The van der Waals surface area contributed by atoms with Crippen LogP contribution in [-0.2, 0) is 4.79 Å². The van der Waals surface area contributed by atoms with E-state index in [-0.39, 0.29) is 23.7 Å². The Bertz CT molecular complexity index is 771. The molecular weight excluding hydrogens is 290 g/mol. The highest BCUT2D eigenvalue weighted by atomic mass is 16.2. The Labute approximate surface area is 134 Å². The zero-order chi connectivity index (χ0) is 16.4. The van der Waals surface area contributed by atoms with Crippen molar-refractivity contribution in [1.29, 1.82) is 0 Å². The van der Waals surface area contributed by atoms with E-state index < -0.39 is 0 Å². The van der Waals surface area contributed by atoms with E-state index in [0.29, 0.717) is 11.3 Å². The molecule has 1 atom stereocenters. The summed E-state index contributed by atoms with van der Waals surface area (Å²) in [7, 11) is 0. The molecule has 1 aliphatic heterocycles. The number of carbonyl (C=O) groups is 2. The van der Waals surface area contributed by atoms with Gasteiger partial charge in [0.15, 0.2) is 0 Å². The number of rotatable bonds is 2. The van der Waals surface area contributed by atoms with Gasteiger partial charge in [0.05, 0.1) is 5.71 Å². The van der Waals surface area contributed by atoms with Crippen LogP contribution in [-0.4, -0.2) is 22.5 Å². The first-order valence-corrected chi connectivity index (χ1v) is 7.50. The highest BCUT2D eigenvalue weighted by molar-refractivity contribution is 6.14. The van der Waals surface area contributed by atoms with Crippen molar-refractivity contribution in [2.24, 2.45) is 16.8 Å². The van der Waals surface area contributed by atoms with Crippen LogP contribution in [0, 0.1) is 11.8 Å². The number of pyridine rings is 1. The Morgan fingerprint density at radius 3 is 2.70 bits per heavy atom. The quantitative estimate of drug-likeness (QED) is 0.912. The molecule has 1 aromatic heterocycles. The van der Waals surface area contributed by atoms with Gasteiger partial charge in [-0.25, -0.2) is 4.99 Å². The van der Waals surface area contributed by atoms with Crippen molar-refractivity contribution in [3.8, 4) is 0 Å². The third-order valence-electron chi connectivity index (χ3n) is 3.85. The van der Waals surface area contributed by atoms with Crippen LogP contribution in [0.25, 0.3) is 0 Å². The van der Waals surface area contributed by atoms with Crippen LogP contribution < -0.4 is 5.32 Å². The number of hydrogen-bond acceptors (Lipinski definition) is 3. The number of allylic oxidation sites excluding steroid dienone is 3. The van der Waals surface area contributed by atoms with E-state index in [9.17, 15) is 9.59 Å². The maximum absolute atomic E-state index is 12.1. The maximum Gasteiger partial charge on any atom is 0.277 e. The first kappa shape index (κ1) is 15.1. The Balaban J connectivity index is 1.88. The maximum atomic E-state index is 12.1. The molecule has 2 amide bonds. The summed E-state index contributed by atoms with van der Waals surface area (Å²) in [6, 6.07) is 3.24. The molecule has 2 aliphatic rings. The predicted octanol–water partition coefficient (Wildman–Crippen LogP) is 2.44. The van der Waals surface area contributed by atoms with Crippen LogP contribution in [0.4, 0.5) is 0 Å². The molecule has 0 aromatic carbocycles. The summed E-state index contributed by atoms with van der Waals surface area (Å²) in [5.74, 6) is -0.144. The van der Waals surface area contributed by atoms with Crippen molar-refractivity contribution in [1.82, 2.24) is 10.3 Å². The van der Waals surface area contributed by atoms with Gasteiger partial charge in [-0.2, -0.15) is 0 Å². The van der Waals surface area contributed by atoms with Crippen molar-refractivity contribution in [2.45, 2.75) is 13.8 Å². The molecule has 0 saturated carbocycles. The zero-order valence-electron chi connectivity index (χ0n) is 13.0. The van der Waals surface area contributed by atoms with Gasteiger partial charge in [-0.3, -0.25) is 14.6 Å². The highest BCUT2D eigenvalue weighted by Crippen LogP contribution is 2.31. The minimum absolute atomic E-state index is 0.0441.